The van der Waals surface area contributed by atoms with Crippen molar-refractivity contribution in [2.75, 3.05) is 31.1 Å². The summed E-state index contributed by atoms with van der Waals surface area (Å²) in [6, 6.07) is 2.12. The number of rotatable bonds is 3. The molecular weight excluding hydrogens is 200 g/mol. The molecule has 0 spiro atoms. The van der Waals surface area contributed by atoms with Gasteiger partial charge in [0.15, 0.2) is 0 Å². The summed E-state index contributed by atoms with van der Waals surface area (Å²) in [7, 11) is 0. The molecule has 2 rings (SSSR count). The van der Waals surface area contributed by atoms with Gasteiger partial charge in [0.05, 0.1) is 0 Å². The van der Waals surface area contributed by atoms with Crippen LogP contribution in [0.25, 0.3) is 0 Å². The molecule has 0 aliphatic carbocycles. The summed E-state index contributed by atoms with van der Waals surface area (Å²) in [6.07, 6.45) is 1.96. The molecule has 1 aromatic heterocycles. The predicted octanol–water partition coefficient (Wildman–Crippen LogP) is 1.01. The number of nitrogens with zero attached hydrogens (tertiary/aromatic N) is 3. The Morgan fingerprint density at radius 2 is 1.69 bits per heavy atom. The summed E-state index contributed by atoms with van der Waals surface area (Å²) >= 11 is 0. The Balaban J connectivity index is 2.24. The molecule has 88 valence electrons. The molecule has 1 aromatic rings. The zero-order valence-electron chi connectivity index (χ0n) is 10.2. The molecule has 0 aromatic carbocycles. The molecule has 0 radical (unpaired) electrons. The average molecular weight is 220 g/mol. The van der Waals surface area contributed by atoms with E-state index in [1.807, 2.05) is 0 Å². The monoisotopic (exact) mass is 220 g/mol. The molecule has 1 aliphatic rings. The number of hydrogen-bond donors (Lipinski definition) is 1. The lowest BCUT2D eigenvalue weighted by molar-refractivity contribution is 0.578. The van der Waals surface area contributed by atoms with Crippen LogP contribution in [0.5, 0.6) is 0 Å². The largest absolute Gasteiger partial charge is 0.338 e. The molecule has 0 bridgehead atoms. The van der Waals surface area contributed by atoms with Crippen molar-refractivity contribution >= 4 is 5.95 Å². The van der Waals surface area contributed by atoms with Crippen LogP contribution in [0, 0.1) is 0 Å². The van der Waals surface area contributed by atoms with E-state index in [9.17, 15) is 0 Å². The number of anilines is 1. The number of piperazine rings is 1. The summed E-state index contributed by atoms with van der Waals surface area (Å²) in [5.74, 6) is 0.915. The maximum Gasteiger partial charge on any atom is 0.225 e. The van der Waals surface area contributed by atoms with Crippen LogP contribution < -0.4 is 10.2 Å². The second kappa shape index (κ2) is 5.25. The fourth-order valence-corrected chi connectivity index (χ4v) is 1.91. The first-order valence-electron chi connectivity index (χ1n) is 6.16. The number of hydrogen-bond acceptors (Lipinski definition) is 4. The Kier molecular flexibility index (Phi) is 3.72. The SMILES string of the molecule is CCc1cc(CC)nc(N2CCNCC2)n1. The third-order valence-corrected chi connectivity index (χ3v) is 2.94. The molecule has 4 heteroatoms. The minimum Gasteiger partial charge on any atom is -0.338 e. The minimum atomic E-state index is 0.915. The molecule has 0 amide bonds. The Bertz CT molecular complexity index is 323. The van der Waals surface area contributed by atoms with E-state index in [1.165, 1.54) is 0 Å². The third-order valence-electron chi connectivity index (χ3n) is 2.94. The minimum absolute atomic E-state index is 0.915. The van der Waals surface area contributed by atoms with Gasteiger partial charge in [-0.05, 0) is 18.9 Å². The van der Waals surface area contributed by atoms with Crippen molar-refractivity contribution in [1.82, 2.24) is 15.3 Å². The van der Waals surface area contributed by atoms with Gasteiger partial charge in [0.2, 0.25) is 5.95 Å². The van der Waals surface area contributed by atoms with Crippen LogP contribution in [-0.4, -0.2) is 36.1 Å². The fraction of sp³-hybridized carbons (Fsp3) is 0.667. The van der Waals surface area contributed by atoms with Crippen molar-refractivity contribution in [3.05, 3.63) is 17.5 Å². The molecule has 1 aliphatic heterocycles. The zero-order chi connectivity index (χ0) is 11.4. The molecule has 4 nitrogen and oxygen atoms in total. The average Bonchev–Trinajstić information content (AvgIpc) is 2.39. The van der Waals surface area contributed by atoms with Gasteiger partial charge in [0.1, 0.15) is 0 Å². The van der Waals surface area contributed by atoms with Gasteiger partial charge in [0.25, 0.3) is 0 Å². The Morgan fingerprint density at radius 3 is 2.19 bits per heavy atom. The highest BCUT2D eigenvalue weighted by Crippen LogP contribution is 2.12. The highest BCUT2D eigenvalue weighted by Gasteiger charge is 2.14. The van der Waals surface area contributed by atoms with Crippen molar-refractivity contribution in [3.8, 4) is 0 Å². The molecule has 1 N–H and O–H groups in total. The van der Waals surface area contributed by atoms with Gasteiger partial charge >= 0.3 is 0 Å². The standard InChI is InChI=1S/C12H20N4/c1-3-10-9-11(4-2)15-12(14-10)16-7-5-13-6-8-16/h9,13H,3-8H2,1-2H3. The summed E-state index contributed by atoms with van der Waals surface area (Å²) in [5, 5.41) is 3.34. The van der Waals surface area contributed by atoms with Gasteiger partial charge in [0, 0.05) is 37.6 Å². The van der Waals surface area contributed by atoms with E-state index in [0.29, 0.717) is 0 Å². The molecule has 2 heterocycles. The summed E-state index contributed by atoms with van der Waals surface area (Å²) < 4.78 is 0. The predicted molar refractivity (Wildman–Crippen MR) is 65.9 cm³/mol. The lowest BCUT2D eigenvalue weighted by atomic mass is 10.2. The molecule has 1 saturated heterocycles. The zero-order valence-corrected chi connectivity index (χ0v) is 10.2. The topological polar surface area (TPSA) is 41.1 Å². The van der Waals surface area contributed by atoms with E-state index in [4.69, 9.17) is 0 Å². The Hall–Kier alpha value is -1.16. The van der Waals surface area contributed by atoms with Crippen LogP contribution in [0.1, 0.15) is 25.2 Å². The summed E-state index contributed by atoms with van der Waals surface area (Å²) in [4.78, 5) is 11.5. The van der Waals surface area contributed by atoms with Gasteiger partial charge < -0.3 is 10.2 Å². The summed E-state index contributed by atoms with van der Waals surface area (Å²) in [5.41, 5.74) is 2.31. The van der Waals surface area contributed by atoms with Crippen molar-refractivity contribution in [3.63, 3.8) is 0 Å². The van der Waals surface area contributed by atoms with Gasteiger partial charge in [-0.25, -0.2) is 9.97 Å². The number of aromatic nitrogens is 2. The van der Waals surface area contributed by atoms with Gasteiger partial charge in [-0.3, -0.25) is 0 Å². The van der Waals surface area contributed by atoms with E-state index in [1.54, 1.807) is 0 Å². The van der Waals surface area contributed by atoms with Gasteiger partial charge in [-0.15, -0.1) is 0 Å². The molecular formula is C12H20N4. The van der Waals surface area contributed by atoms with E-state index in [0.717, 1.165) is 56.4 Å². The first kappa shape index (κ1) is 11.3. The first-order chi connectivity index (χ1) is 7.83. The fourth-order valence-electron chi connectivity index (χ4n) is 1.91. The van der Waals surface area contributed by atoms with Gasteiger partial charge in [-0.2, -0.15) is 0 Å². The number of aryl methyl sites for hydroxylation is 2. The lowest BCUT2D eigenvalue weighted by Gasteiger charge is -2.27. The molecule has 0 atom stereocenters. The maximum absolute atomic E-state index is 4.61. The van der Waals surface area contributed by atoms with Crippen LogP contribution in [0.4, 0.5) is 5.95 Å². The van der Waals surface area contributed by atoms with Crippen LogP contribution in [0.2, 0.25) is 0 Å². The second-order valence-electron chi connectivity index (χ2n) is 4.09. The second-order valence-corrected chi connectivity index (χ2v) is 4.09. The van der Waals surface area contributed by atoms with Crippen LogP contribution in [0.3, 0.4) is 0 Å². The van der Waals surface area contributed by atoms with Crippen molar-refractivity contribution in [2.45, 2.75) is 26.7 Å². The van der Waals surface area contributed by atoms with Crippen molar-refractivity contribution < 1.29 is 0 Å². The smallest absolute Gasteiger partial charge is 0.225 e. The lowest BCUT2D eigenvalue weighted by Crippen LogP contribution is -2.44. The van der Waals surface area contributed by atoms with E-state index in [2.05, 4.69) is 40.1 Å². The van der Waals surface area contributed by atoms with Crippen LogP contribution in [0.15, 0.2) is 6.07 Å². The van der Waals surface area contributed by atoms with E-state index >= 15 is 0 Å². The van der Waals surface area contributed by atoms with E-state index in [-0.39, 0.29) is 0 Å². The van der Waals surface area contributed by atoms with Crippen molar-refractivity contribution in [1.29, 1.82) is 0 Å². The molecule has 1 fully saturated rings. The number of nitrogens with one attached hydrogen (secondary N) is 1. The summed E-state index contributed by atoms with van der Waals surface area (Å²) in [6.45, 7) is 8.36. The van der Waals surface area contributed by atoms with Gasteiger partial charge in [-0.1, -0.05) is 13.8 Å². The molecule has 16 heavy (non-hydrogen) atoms. The van der Waals surface area contributed by atoms with Crippen LogP contribution in [-0.2, 0) is 12.8 Å². The van der Waals surface area contributed by atoms with Crippen molar-refractivity contribution in [2.24, 2.45) is 0 Å². The molecule has 0 saturated carbocycles. The third kappa shape index (κ3) is 2.50. The van der Waals surface area contributed by atoms with Crippen LogP contribution >= 0.6 is 0 Å². The highest BCUT2D eigenvalue weighted by molar-refractivity contribution is 5.33. The Labute approximate surface area is 97.1 Å². The maximum atomic E-state index is 4.61. The first-order valence-corrected chi connectivity index (χ1v) is 6.16. The Morgan fingerprint density at radius 1 is 1.12 bits per heavy atom. The highest BCUT2D eigenvalue weighted by atomic mass is 15.3. The van der Waals surface area contributed by atoms with E-state index < -0.39 is 0 Å². The molecule has 0 unspecified atom stereocenters. The quantitative estimate of drug-likeness (QED) is 0.825. The normalized spacial score (nSPS) is 16.5.